The summed E-state index contributed by atoms with van der Waals surface area (Å²) >= 11 is 0. The van der Waals surface area contributed by atoms with E-state index in [-0.39, 0.29) is 11.9 Å². The number of hydrogen-bond acceptors (Lipinski definition) is 2. The predicted molar refractivity (Wildman–Crippen MR) is 107 cm³/mol. The molecule has 25 heavy (non-hydrogen) atoms. The fraction of sp³-hybridized carbons (Fsp3) is 0.455. The first-order chi connectivity index (χ1) is 12.0. The van der Waals surface area contributed by atoms with Crippen molar-refractivity contribution < 1.29 is 4.79 Å². The molecule has 2 unspecified atom stereocenters. The van der Waals surface area contributed by atoms with E-state index in [0.717, 1.165) is 25.0 Å². The van der Waals surface area contributed by atoms with E-state index in [1.165, 1.54) is 11.1 Å². The van der Waals surface area contributed by atoms with Gasteiger partial charge >= 0.3 is 0 Å². The van der Waals surface area contributed by atoms with Crippen LogP contribution in [-0.4, -0.2) is 24.7 Å². The highest BCUT2D eigenvalue weighted by Crippen LogP contribution is 2.27. The Morgan fingerprint density at radius 3 is 2.84 bits per heavy atom. The zero-order chi connectivity index (χ0) is 18.2. The molecule has 0 aromatic rings. The first-order valence-corrected chi connectivity index (χ1v) is 9.19. The number of rotatable bonds is 7. The molecule has 0 bridgehead atoms. The molecular formula is C22H30N2O. The van der Waals surface area contributed by atoms with Crippen molar-refractivity contribution in [3.8, 4) is 0 Å². The van der Waals surface area contributed by atoms with Crippen LogP contribution in [0, 0.1) is 11.8 Å². The summed E-state index contributed by atoms with van der Waals surface area (Å²) in [6, 6.07) is 0.0904. The second-order valence-corrected chi connectivity index (χ2v) is 6.96. The lowest BCUT2D eigenvalue weighted by Crippen LogP contribution is -2.24. The molecule has 0 aliphatic heterocycles. The lowest BCUT2D eigenvalue weighted by molar-refractivity contribution is -0.119. The lowest BCUT2D eigenvalue weighted by atomic mass is 9.84. The van der Waals surface area contributed by atoms with Gasteiger partial charge in [-0.05, 0) is 36.3 Å². The molecule has 134 valence electrons. The maximum Gasteiger partial charge on any atom is 0.225 e. The van der Waals surface area contributed by atoms with E-state index in [2.05, 4.69) is 62.2 Å². The van der Waals surface area contributed by atoms with Crippen LogP contribution in [-0.2, 0) is 4.79 Å². The molecule has 0 saturated carbocycles. The van der Waals surface area contributed by atoms with Crippen molar-refractivity contribution in [1.29, 1.82) is 0 Å². The number of nitrogens with zero attached hydrogens (tertiary/aromatic N) is 1. The quantitative estimate of drug-likeness (QED) is 0.537. The summed E-state index contributed by atoms with van der Waals surface area (Å²) in [5.74, 6) is 0.858. The summed E-state index contributed by atoms with van der Waals surface area (Å²) in [6.07, 6.45) is 18.1. The van der Waals surface area contributed by atoms with E-state index in [1.807, 2.05) is 6.08 Å². The third-order valence-corrected chi connectivity index (χ3v) is 4.74. The van der Waals surface area contributed by atoms with E-state index in [9.17, 15) is 4.79 Å². The Morgan fingerprint density at radius 2 is 2.24 bits per heavy atom. The molecule has 0 spiro atoms. The van der Waals surface area contributed by atoms with Gasteiger partial charge < -0.3 is 5.32 Å². The van der Waals surface area contributed by atoms with Gasteiger partial charge in [-0.1, -0.05) is 56.4 Å². The Balaban J connectivity index is 2.28. The van der Waals surface area contributed by atoms with Crippen LogP contribution < -0.4 is 5.32 Å². The molecule has 2 aliphatic rings. The number of hydrogen-bond donors (Lipinski definition) is 1. The third kappa shape index (κ3) is 5.42. The second kappa shape index (κ2) is 9.36. The number of allylic oxidation sites excluding steroid dienone is 7. The molecule has 0 aromatic carbocycles. The van der Waals surface area contributed by atoms with Crippen LogP contribution >= 0.6 is 0 Å². The molecule has 0 saturated heterocycles. The largest absolute Gasteiger partial charge is 0.359 e. The van der Waals surface area contributed by atoms with Crippen LogP contribution in [0.5, 0.6) is 0 Å². The van der Waals surface area contributed by atoms with Crippen LogP contribution in [0.4, 0.5) is 0 Å². The van der Waals surface area contributed by atoms with E-state index >= 15 is 0 Å². The van der Waals surface area contributed by atoms with Crippen molar-refractivity contribution in [2.24, 2.45) is 16.8 Å². The van der Waals surface area contributed by atoms with E-state index in [0.29, 0.717) is 18.3 Å². The average Bonchev–Trinajstić information content (AvgIpc) is 2.62. The van der Waals surface area contributed by atoms with E-state index in [1.54, 1.807) is 7.05 Å². The summed E-state index contributed by atoms with van der Waals surface area (Å²) in [5.41, 5.74) is 3.38. The van der Waals surface area contributed by atoms with Gasteiger partial charge in [0.25, 0.3) is 0 Å². The van der Waals surface area contributed by atoms with Gasteiger partial charge in [0.1, 0.15) is 0 Å². The zero-order valence-electron chi connectivity index (χ0n) is 15.7. The molecule has 3 nitrogen and oxygen atoms in total. The van der Waals surface area contributed by atoms with Gasteiger partial charge in [0, 0.05) is 18.7 Å². The Morgan fingerprint density at radius 1 is 1.44 bits per heavy atom. The standard InChI is InChI=1S/C22H30N2O/c1-5-20(16(2)3)18-12-9-13-19(14-18)24-21(15-22(25)23-4)17-10-7-6-8-11-17/h5-7,9-10,12,14,16,19-20H,1,8,11,13,15H2,2-4H3,(H,23,25). The molecule has 2 rings (SSSR count). The highest BCUT2D eigenvalue weighted by Gasteiger charge is 2.19. The lowest BCUT2D eigenvalue weighted by Gasteiger charge is -2.23. The van der Waals surface area contributed by atoms with Gasteiger partial charge in [-0.15, -0.1) is 6.58 Å². The Labute approximate surface area is 152 Å². The highest BCUT2D eigenvalue weighted by molar-refractivity contribution is 6.10. The topological polar surface area (TPSA) is 41.5 Å². The molecular weight excluding hydrogens is 308 g/mol. The fourth-order valence-electron chi connectivity index (χ4n) is 3.32. The fourth-order valence-corrected chi connectivity index (χ4v) is 3.32. The minimum Gasteiger partial charge on any atom is -0.359 e. The number of carbonyl (C=O) groups is 1. The van der Waals surface area contributed by atoms with Crippen molar-refractivity contribution in [3.05, 3.63) is 60.3 Å². The highest BCUT2D eigenvalue weighted by atomic mass is 16.1. The van der Waals surface area contributed by atoms with Gasteiger partial charge in [-0.3, -0.25) is 9.79 Å². The monoisotopic (exact) mass is 338 g/mol. The zero-order valence-corrected chi connectivity index (χ0v) is 15.7. The summed E-state index contributed by atoms with van der Waals surface area (Å²) in [4.78, 5) is 16.9. The van der Waals surface area contributed by atoms with Crippen molar-refractivity contribution >= 4 is 11.6 Å². The van der Waals surface area contributed by atoms with Crippen LogP contribution in [0.25, 0.3) is 0 Å². The van der Waals surface area contributed by atoms with Gasteiger partial charge in [0.05, 0.1) is 12.5 Å². The van der Waals surface area contributed by atoms with E-state index < -0.39 is 0 Å². The molecule has 0 aromatic heterocycles. The molecule has 2 aliphatic carbocycles. The van der Waals surface area contributed by atoms with Crippen LogP contribution in [0.15, 0.2) is 65.2 Å². The molecule has 1 N–H and O–H groups in total. The first kappa shape index (κ1) is 19.2. The molecule has 0 heterocycles. The van der Waals surface area contributed by atoms with Crippen LogP contribution in [0.3, 0.4) is 0 Å². The number of amides is 1. The maximum absolute atomic E-state index is 11.9. The summed E-state index contributed by atoms with van der Waals surface area (Å²) < 4.78 is 0. The SMILES string of the molecule is C=CC(C1=CC(N=C(CC(=O)NC)C2=CC=CCC2)CC=C1)C(C)C. The van der Waals surface area contributed by atoms with Gasteiger partial charge in [0.15, 0.2) is 0 Å². The minimum absolute atomic E-state index is 0.0101. The second-order valence-electron chi connectivity index (χ2n) is 6.96. The average molecular weight is 338 g/mol. The molecule has 0 fully saturated rings. The van der Waals surface area contributed by atoms with Gasteiger partial charge in [-0.25, -0.2) is 0 Å². The first-order valence-electron chi connectivity index (χ1n) is 9.19. The van der Waals surface area contributed by atoms with E-state index in [4.69, 9.17) is 4.99 Å². The van der Waals surface area contributed by atoms with Gasteiger partial charge in [0.2, 0.25) is 5.91 Å². The Hall–Kier alpha value is -2.16. The van der Waals surface area contributed by atoms with Crippen molar-refractivity contribution in [2.45, 2.75) is 45.6 Å². The van der Waals surface area contributed by atoms with Crippen molar-refractivity contribution in [2.75, 3.05) is 7.05 Å². The molecule has 0 radical (unpaired) electrons. The summed E-state index contributed by atoms with van der Waals surface area (Å²) in [5, 5.41) is 2.72. The predicted octanol–water partition coefficient (Wildman–Crippen LogP) is 4.55. The van der Waals surface area contributed by atoms with Crippen molar-refractivity contribution in [1.82, 2.24) is 5.32 Å². The molecule has 3 heteroatoms. The maximum atomic E-state index is 11.9. The normalized spacial score (nSPS) is 21.6. The number of aliphatic imine (C=N–C) groups is 1. The molecule has 2 atom stereocenters. The summed E-state index contributed by atoms with van der Waals surface area (Å²) in [6.45, 7) is 8.41. The smallest absolute Gasteiger partial charge is 0.225 e. The third-order valence-electron chi connectivity index (χ3n) is 4.74. The number of nitrogens with one attached hydrogen (secondary N) is 1. The molecule has 1 amide bonds. The minimum atomic E-state index is 0.0101. The Bertz CT molecular complexity index is 647. The Kier molecular flexibility index (Phi) is 7.17. The summed E-state index contributed by atoms with van der Waals surface area (Å²) in [7, 11) is 1.67. The van der Waals surface area contributed by atoms with Crippen LogP contribution in [0.1, 0.15) is 39.5 Å². The van der Waals surface area contributed by atoms with Gasteiger partial charge in [-0.2, -0.15) is 0 Å². The number of carbonyl (C=O) groups excluding carboxylic acids is 1. The van der Waals surface area contributed by atoms with Crippen molar-refractivity contribution in [3.63, 3.8) is 0 Å². The van der Waals surface area contributed by atoms with Crippen LogP contribution in [0.2, 0.25) is 0 Å².